The first-order valence-electron chi connectivity index (χ1n) is 4.84. The summed E-state index contributed by atoms with van der Waals surface area (Å²) in [5, 5.41) is -1.05. The number of carbonyl (C=O) groups excluding carboxylic acids is 1. The first-order chi connectivity index (χ1) is 8.27. The van der Waals surface area contributed by atoms with Gasteiger partial charge >= 0.3 is 10.2 Å². The Bertz CT molecular complexity index is 588. The summed E-state index contributed by atoms with van der Waals surface area (Å²) >= 11 is 11.4. The predicted molar refractivity (Wildman–Crippen MR) is 65.0 cm³/mol. The molecule has 5 nitrogen and oxygen atoms in total. The fraction of sp³-hybridized carbons (Fsp3) is 0.333. The molecule has 1 aliphatic heterocycles. The Morgan fingerprint density at radius 2 is 2.06 bits per heavy atom. The van der Waals surface area contributed by atoms with E-state index in [1.54, 1.807) is 0 Å². The van der Waals surface area contributed by atoms with E-state index >= 15 is 0 Å². The first-order valence-corrected chi connectivity index (χ1v) is 7.04. The fourth-order valence-electron chi connectivity index (χ4n) is 1.68. The van der Waals surface area contributed by atoms with Gasteiger partial charge in [-0.1, -0.05) is 23.2 Å². The molecule has 0 bridgehead atoms. The summed E-state index contributed by atoms with van der Waals surface area (Å²) in [6.45, 7) is -0.290. The van der Waals surface area contributed by atoms with Crippen LogP contribution in [0.4, 0.5) is 9.70 Å². The van der Waals surface area contributed by atoms with Crippen molar-refractivity contribution in [2.45, 2.75) is 11.7 Å². The molecule has 1 amide bonds. The molecule has 0 radical (unpaired) electrons. The number of hydrogen-bond acceptors (Lipinski definition) is 4. The van der Waals surface area contributed by atoms with Crippen molar-refractivity contribution in [3.63, 3.8) is 0 Å². The highest BCUT2D eigenvalue weighted by atomic mass is 35.5. The van der Waals surface area contributed by atoms with Crippen molar-refractivity contribution in [2.24, 2.45) is 0 Å². The third-order valence-corrected chi connectivity index (χ3v) is 4.03. The number of amides is 1. The average molecular weight is 313 g/mol. The summed E-state index contributed by atoms with van der Waals surface area (Å²) in [4.78, 5) is 16.5. The molecule has 0 saturated carbocycles. The molecule has 0 aliphatic carbocycles. The van der Waals surface area contributed by atoms with Crippen molar-refractivity contribution in [2.75, 3.05) is 11.4 Å². The maximum atomic E-state index is 12.8. The highest BCUT2D eigenvalue weighted by Gasteiger charge is 2.39. The maximum Gasteiger partial charge on any atom is 0.307 e. The summed E-state index contributed by atoms with van der Waals surface area (Å²) in [5.41, 5.74) is 0. The van der Waals surface area contributed by atoms with Crippen molar-refractivity contribution in [3.05, 3.63) is 22.3 Å². The Morgan fingerprint density at radius 3 is 2.56 bits per heavy atom. The van der Waals surface area contributed by atoms with Crippen LogP contribution in [-0.4, -0.2) is 31.1 Å². The molecular weight excluding hydrogens is 306 g/mol. The molecule has 1 aliphatic rings. The van der Waals surface area contributed by atoms with Crippen LogP contribution in [0.15, 0.2) is 12.1 Å². The minimum absolute atomic E-state index is 0.0665. The highest BCUT2D eigenvalue weighted by molar-refractivity contribution is 7.87. The number of rotatable bonds is 2. The molecule has 1 unspecified atom stereocenters. The lowest BCUT2D eigenvalue weighted by molar-refractivity contribution is -0.117. The topological polar surface area (TPSA) is 67.3 Å². The van der Waals surface area contributed by atoms with Gasteiger partial charge in [0, 0.05) is 18.0 Å². The van der Waals surface area contributed by atoms with Crippen LogP contribution < -0.4 is 4.90 Å². The van der Waals surface area contributed by atoms with E-state index in [1.165, 1.54) is 12.1 Å². The second-order valence-corrected chi connectivity index (χ2v) is 6.21. The van der Waals surface area contributed by atoms with Crippen molar-refractivity contribution in [1.29, 1.82) is 0 Å². The van der Waals surface area contributed by atoms with Gasteiger partial charge in [-0.25, -0.2) is 4.98 Å². The first kappa shape index (κ1) is 13.5. The van der Waals surface area contributed by atoms with Crippen LogP contribution in [0.2, 0.25) is 10.2 Å². The van der Waals surface area contributed by atoms with Gasteiger partial charge < -0.3 is 0 Å². The largest absolute Gasteiger partial charge is 0.307 e. The minimum Gasteiger partial charge on any atom is -0.295 e. The third-order valence-electron chi connectivity index (χ3n) is 2.51. The molecule has 1 aromatic heterocycles. The lowest BCUT2D eigenvalue weighted by Crippen LogP contribution is -2.27. The lowest BCUT2D eigenvalue weighted by atomic mass is 10.4. The lowest BCUT2D eigenvalue weighted by Gasteiger charge is -2.15. The van der Waals surface area contributed by atoms with Gasteiger partial charge in [0.15, 0.2) is 0 Å². The van der Waals surface area contributed by atoms with Gasteiger partial charge in [-0.2, -0.15) is 8.42 Å². The Hall–Kier alpha value is -0.920. The molecular formula is C9H7Cl2FN2O3S. The molecule has 2 heterocycles. The minimum atomic E-state index is -4.75. The summed E-state index contributed by atoms with van der Waals surface area (Å²) in [6.07, 6.45) is -0.412. The van der Waals surface area contributed by atoms with Crippen LogP contribution >= 0.6 is 23.2 Å². The van der Waals surface area contributed by atoms with Gasteiger partial charge in [0.1, 0.15) is 16.2 Å². The molecule has 98 valence electrons. The van der Waals surface area contributed by atoms with Crippen molar-refractivity contribution < 1.29 is 17.1 Å². The molecule has 1 aromatic rings. The predicted octanol–water partition coefficient (Wildman–Crippen LogP) is 1.79. The van der Waals surface area contributed by atoms with Crippen LogP contribution in [0, 0.1) is 0 Å². The molecule has 2 rings (SSSR count). The second-order valence-electron chi connectivity index (χ2n) is 3.77. The average Bonchev–Trinajstić information content (AvgIpc) is 2.58. The number of carbonyl (C=O) groups is 1. The molecule has 0 aromatic carbocycles. The molecule has 1 fully saturated rings. The van der Waals surface area contributed by atoms with Crippen molar-refractivity contribution in [3.8, 4) is 0 Å². The Kier molecular flexibility index (Phi) is 3.48. The van der Waals surface area contributed by atoms with Gasteiger partial charge in [0.2, 0.25) is 5.91 Å². The van der Waals surface area contributed by atoms with E-state index in [1.807, 2.05) is 0 Å². The molecule has 1 saturated heterocycles. The maximum absolute atomic E-state index is 12.8. The van der Waals surface area contributed by atoms with Crippen molar-refractivity contribution in [1.82, 2.24) is 4.98 Å². The number of nitrogens with zero attached hydrogens (tertiary/aromatic N) is 2. The second kappa shape index (κ2) is 4.64. The summed E-state index contributed by atoms with van der Waals surface area (Å²) < 4.78 is 34.4. The number of hydrogen-bond donors (Lipinski definition) is 0. The summed E-state index contributed by atoms with van der Waals surface area (Å²) in [7, 11) is -4.75. The summed E-state index contributed by atoms with van der Waals surface area (Å²) in [6, 6.07) is 2.73. The van der Waals surface area contributed by atoms with Crippen LogP contribution in [0.3, 0.4) is 0 Å². The standard InChI is InChI=1S/C9H7Cl2FN2O3S/c10-5-1-7(11)13-8(2-5)14-4-6(3-9(14)15)18(12,16)17/h1-2,6H,3-4H2. The molecule has 9 heteroatoms. The SMILES string of the molecule is O=C1CC(S(=O)(=O)F)CN1c1cc(Cl)cc(Cl)n1. The van der Waals surface area contributed by atoms with Gasteiger partial charge in [0.25, 0.3) is 0 Å². The Balaban J connectivity index is 2.32. The zero-order valence-electron chi connectivity index (χ0n) is 8.81. The van der Waals surface area contributed by atoms with Crippen LogP contribution in [0.5, 0.6) is 0 Å². The zero-order chi connectivity index (χ0) is 13.5. The number of pyridine rings is 1. The van der Waals surface area contributed by atoms with E-state index in [-0.39, 0.29) is 22.5 Å². The van der Waals surface area contributed by atoms with Gasteiger partial charge in [-0.3, -0.25) is 9.69 Å². The zero-order valence-corrected chi connectivity index (χ0v) is 11.1. The van der Waals surface area contributed by atoms with E-state index in [4.69, 9.17) is 23.2 Å². The van der Waals surface area contributed by atoms with Crippen LogP contribution in [0.1, 0.15) is 6.42 Å². The van der Waals surface area contributed by atoms with Gasteiger partial charge in [-0.15, -0.1) is 3.89 Å². The van der Waals surface area contributed by atoms with E-state index in [2.05, 4.69) is 4.98 Å². The number of halogens is 3. The fourth-order valence-corrected chi connectivity index (χ4v) is 2.81. The van der Waals surface area contributed by atoms with Gasteiger partial charge in [0.05, 0.1) is 0 Å². The third kappa shape index (κ3) is 2.73. The highest BCUT2D eigenvalue weighted by Crippen LogP contribution is 2.27. The molecule has 18 heavy (non-hydrogen) atoms. The number of anilines is 1. The van der Waals surface area contributed by atoms with E-state index in [0.717, 1.165) is 4.90 Å². The normalized spacial score (nSPS) is 20.5. The quantitative estimate of drug-likeness (QED) is 0.617. The molecule has 1 atom stereocenters. The van der Waals surface area contributed by atoms with E-state index in [0.29, 0.717) is 0 Å². The van der Waals surface area contributed by atoms with Crippen molar-refractivity contribution >= 4 is 45.2 Å². The molecule has 0 spiro atoms. The molecule has 0 N–H and O–H groups in total. The smallest absolute Gasteiger partial charge is 0.295 e. The Morgan fingerprint density at radius 1 is 1.39 bits per heavy atom. The summed E-state index contributed by atoms with van der Waals surface area (Å²) in [5.74, 6) is -0.421. The number of aromatic nitrogens is 1. The van der Waals surface area contributed by atoms with Crippen LogP contribution in [0.25, 0.3) is 0 Å². The van der Waals surface area contributed by atoms with Crippen LogP contribution in [-0.2, 0) is 15.0 Å². The van der Waals surface area contributed by atoms with E-state index < -0.39 is 27.8 Å². The van der Waals surface area contributed by atoms with E-state index in [9.17, 15) is 17.1 Å². The Labute approximate surface area is 113 Å². The van der Waals surface area contributed by atoms with Gasteiger partial charge in [-0.05, 0) is 12.1 Å². The monoisotopic (exact) mass is 312 g/mol.